The summed E-state index contributed by atoms with van der Waals surface area (Å²) in [5.74, 6) is 0.0843. The van der Waals surface area contributed by atoms with Crippen molar-refractivity contribution < 1.29 is 9.72 Å². The molecule has 1 amide bonds. The van der Waals surface area contributed by atoms with Crippen LogP contribution in [0.2, 0.25) is 0 Å². The molecule has 0 saturated heterocycles. The summed E-state index contributed by atoms with van der Waals surface area (Å²) in [5, 5.41) is 21.1. The fourth-order valence-corrected chi connectivity index (χ4v) is 2.55. The van der Waals surface area contributed by atoms with E-state index < -0.39 is 11.0 Å². The average molecular weight is 340 g/mol. The number of carbonyl (C=O) groups is 1. The number of likely N-dealkylation sites (N-methyl/N-ethyl adjacent to an activating group) is 1. The van der Waals surface area contributed by atoms with Crippen LogP contribution >= 0.6 is 0 Å². The highest BCUT2D eigenvalue weighted by Crippen LogP contribution is 2.28. The Kier molecular flexibility index (Phi) is 7.63. The van der Waals surface area contributed by atoms with Gasteiger partial charge in [-0.15, -0.1) is 0 Å². The van der Waals surface area contributed by atoms with Crippen LogP contribution in [0.1, 0.15) is 32.9 Å². The van der Waals surface area contributed by atoms with E-state index in [0.717, 1.165) is 19.6 Å². The average Bonchev–Trinajstić information content (AvgIpc) is 2.82. The number of aryl methyl sites for hydroxylation is 2. The minimum atomic E-state index is -0.546. The Morgan fingerprint density at radius 3 is 2.50 bits per heavy atom. The van der Waals surface area contributed by atoms with Crippen LogP contribution in [0.25, 0.3) is 0 Å². The van der Waals surface area contributed by atoms with Crippen molar-refractivity contribution in [2.24, 2.45) is 7.05 Å². The number of nitro groups is 1. The van der Waals surface area contributed by atoms with Gasteiger partial charge in [-0.2, -0.15) is 5.10 Å². The third-order valence-electron chi connectivity index (χ3n) is 4.03. The number of amides is 1. The Bertz CT molecular complexity index is 568. The van der Waals surface area contributed by atoms with Crippen molar-refractivity contribution in [2.75, 3.05) is 31.5 Å². The minimum Gasteiger partial charge on any atom is -0.353 e. The Hall–Kier alpha value is -2.16. The van der Waals surface area contributed by atoms with Gasteiger partial charge in [0.05, 0.1) is 4.92 Å². The molecule has 0 aliphatic rings. The van der Waals surface area contributed by atoms with Crippen LogP contribution in [-0.4, -0.2) is 57.7 Å². The molecule has 2 N–H and O–H groups in total. The molecular formula is C15H28N6O3. The monoisotopic (exact) mass is 340 g/mol. The predicted molar refractivity (Wildman–Crippen MR) is 93.1 cm³/mol. The molecule has 0 bridgehead atoms. The smallest absolute Gasteiger partial charge is 0.333 e. The molecule has 1 atom stereocenters. The van der Waals surface area contributed by atoms with Gasteiger partial charge >= 0.3 is 5.69 Å². The molecule has 24 heavy (non-hydrogen) atoms. The quantitative estimate of drug-likeness (QED) is 0.491. The SMILES string of the molecule is CC[C@H](Nc1c([N+](=O)[O-])c(C)nn1C)C(=O)NCCN(CC)CC. The Balaban J connectivity index is 2.74. The van der Waals surface area contributed by atoms with Crippen LogP contribution in [0, 0.1) is 17.0 Å². The van der Waals surface area contributed by atoms with E-state index in [1.807, 2.05) is 6.92 Å². The zero-order valence-electron chi connectivity index (χ0n) is 15.1. The van der Waals surface area contributed by atoms with E-state index in [9.17, 15) is 14.9 Å². The van der Waals surface area contributed by atoms with Gasteiger partial charge in [-0.05, 0) is 26.4 Å². The van der Waals surface area contributed by atoms with Gasteiger partial charge < -0.3 is 15.5 Å². The van der Waals surface area contributed by atoms with E-state index in [0.29, 0.717) is 18.7 Å². The molecule has 1 aromatic rings. The van der Waals surface area contributed by atoms with E-state index in [4.69, 9.17) is 0 Å². The first-order valence-corrected chi connectivity index (χ1v) is 8.30. The Morgan fingerprint density at radius 1 is 1.38 bits per heavy atom. The molecule has 0 spiro atoms. The number of nitrogens with zero attached hydrogens (tertiary/aromatic N) is 4. The normalized spacial score (nSPS) is 12.2. The fourth-order valence-electron chi connectivity index (χ4n) is 2.55. The Morgan fingerprint density at radius 2 is 2.00 bits per heavy atom. The van der Waals surface area contributed by atoms with Gasteiger partial charge in [0.1, 0.15) is 11.7 Å². The number of hydrogen-bond donors (Lipinski definition) is 2. The standard InChI is InChI=1S/C15H28N6O3/c1-6-12(15(22)16-9-10-20(7-2)8-3)17-14-13(21(23)24)11(4)18-19(14)5/h12,17H,6-10H2,1-5H3,(H,16,22)/t12-/m0/s1. The van der Waals surface area contributed by atoms with Gasteiger partial charge in [-0.1, -0.05) is 20.8 Å². The topological polar surface area (TPSA) is 105 Å². The van der Waals surface area contributed by atoms with E-state index in [-0.39, 0.29) is 17.4 Å². The van der Waals surface area contributed by atoms with Crippen LogP contribution in [0.4, 0.5) is 11.5 Å². The van der Waals surface area contributed by atoms with E-state index >= 15 is 0 Å². The molecule has 0 aromatic carbocycles. The zero-order valence-corrected chi connectivity index (χ0v) is 15.1. The molecule has 1 aromatic heterocycles. The molecule has 0 aliphatic carbocycles. The maximum atomic E-state index is 12.3. The lowest BCUT2D eigenvalue weighted by Gasteiger charge is -2.20. The number of aromatic nitrogens is 2. The summed E-state index contributed by atoms with van der Waals surface area (Å²) in [6.45, 7) is 10.8. The molecule has 9 nitrogen and oxygen atoms in total. The first kappa shape index (κ1) is 19.9. The molecule has 1 heterocycles. The largest absolute Gasteiger partial charge is 0.353 e. The lowest BCUT2D eigenvalue weighted by atomic mass is 10.2. The third-order valence-corrected chi connectivity index (χ3v) is 4.03. The van der Waals surface area contributed by atoms with Crippen molar-refractivity contribution in [1.82, 2.24) is 20.0 Å². The molecule has 0 fully saturated rings. The van der Waals surface area contributed by atoms with E-state index in [1.165, 1.54) is 4.68 Å². The zero-order chi connectivity index (χ0) is 18.3. The summed E-state index contributed by atoms with van der Waals surface area (Å²) in [5.41, 5.74) is 0.230. The molecule has 9 heteroatoms. The molecule has 0 unspecified atom stereocenters. The van der Waals surface area contributed by atoms with Gasteiger partial charge in [0.25, 0.3) is 0 Å². The van der Waals surface area contributed by atoms with Crippen LogP contribution in [0.3, 0.4) is 0 Å². The number of hydrogen-bond acceptors (Lipinski definition) is 6. The van der Waals surface area contributed by atoms with Crippen LogP contribution in [-0.2, 0) is 11.8 Å². The minimum absolute atomic E-state index is 0.0908. The summed E-state index contributed by atoms with van der Waals surface area (Å²) >= 11 is 0. The Labute approximate surface area is 142 Å². The molecule has 136 valence electrons. The lowest BCUT2D eigenvalue weighted by Crippen LogP contribution is -2.43. The molecule has 0 saturated carbocycles. The summed E-state index contributed by atoms with van der Waals surface area (Å²) in [6.07, 6.45) is 0.512. The summed E-state index contributed by atoms with van der Waals surface area (Å²) in [4.78, 5) is 25.3. The van der Waals surface area contributed by atoms with Gasteiger partial charge in [-0.25, -0.2) is 4.68 Å². The maximum Gasteiger partial charge on any atom is 0.333 e. The van der Waals surface area contributed by atoms with E-state index in [2.05, 4.69) is 34.5 Å². The first-order valence-electron chi connectivity index (χ1n) is 8.30. The van der Waals surface area contributed by atoms with E-state index in [1.54, 1.807) is 14.0 Å². The summed E-state index contributed by atoms with van der Waals surface area (Å²) in [7, 11) is 1.62. The summed E-state index contributed by atoms with van der Waals surface area (Å²) < 4.78 is 1.40. The van der Waals surface area contributed by atoms with Gasteiger partial charge in [0.15, 0.2) is 0 Å². The third kappa shape index (κ3) is 4.92. The number of nitrogens with one attached hydrogen (secondary N) is 2. The number of rotatable bonds is 10. The molecule has 1 rings (SSSR count). The lowest BCUT2D eigenvalue weighted by molar-refractivity contribution is -0.384. The van der Waals surface area contributed by atoms with Crippen molar-refractivity contribution in [3.05, 3.63) is 15.8 Å². The van der Waals surface area contributed by atoms with Crippen LogP contribution in [0.15, 0.2) is 0 Å². The highest BCUT2D eigenvalue weighted by molar-refractivity contribution is 5.85. The molecule has 0 aliphatic heterocycles. The predicted octanol–water partition coefficient (Wildman–Crippen LogP) is 1.29. The number of anilines is 1. The van der Waals surface area contributed by atoms with Crippen molar-refractivity contribution in [1.29, 1.82) is 0 Å². The highest BCUT2D eigenvalue weighted by atomic mass is 16.6. The van der Waals surface area contributed by atoms with Crippen molar-refractivity contribution in [3.63, 3.8) is 0 Å². The van der Waals surface area contributed by atoms with Crippen molar-refractivity contribution in [2.45, 2.75) is 40.2 Å². The van der Waals surface area contributed by atoms with Crippen LogP contribution < -0.4 is 10.6 Å². The van der Waals surface area contributed by atoms with Crippen molar-refractivity contribution in [3.8, 4) is 0 Å². The second-order valence-electron chi connectivity index (χ2n) is 5.59. The fraction of sp³-hybridized carbons (Fsp3) is 0.733. The second kappa shape index (κ2) is 9.21. The van der Waals surface area contributed by atoms with Gasteiger partial charge in [0.2, 0.25) is 11.7 Å². The van der Waals surface area contributed by atoms with Gasteiger partial charge in [-0.3, -0.25) is 14.9 Å². The summed E-state index contributed by atoms with van der Waals surface area (Å²) in [6, 6.07) is -0.546. The van der Waals surface area contributed by atoms with Gasteiger partial charge in [0, 0.05) is 20.1 Å². The molecular weight excluding hydrogens is 312 g/mol. The number of carbonyl (C=O) groups excluding carboxylic acids is 1. The van der Waals surface area contributed by atoms with Crippen molar-refractivity contribution >= 4 is 17.4 Å². The second-order valence-corrected chi connectivity index (χ2v) is 5.59. The van der Waals surface area contributed by atoms with Crippen LogP contribution in [0.5, 0.6) is 0 Å². The maximum absolute atomic E-state index is 12.3. The highest BCUT2D eigenvalue weighted by Gasteiger charge is 2.27. The molecule has 0 radical (unpaired) electrons. The first-order chi connectivity index (χ1) is 11.3.